The molecule has 1 aromatic carbocycles. The molecule has 0 radical (unpaired) electrons. The van der Waals surface area contributed by atoms with E-state index in [4.69, 9.17) is 9.47 Å². The van der Waals surface area contributed by atoms with E-state index >= 15 is 0 Å². The van der Waals surface area contributed by atoms with E-state index in [1.54, 1.807) is 26.6 Å². The highest BCUT2D eigenvalue weighted by Gasteiger charge is 2.20. The summed E-state index contributed by atoms with van der Waals surface area (Å²) < 4.78 is 10.7. The van der Waals surface area contributed by atoms with E-state index < -0.39 is 0 Å². The maximum atomic E-state index is 5.39. The minimum atomic E-state index is 0.674. The van der Waals surface area contributed by atoms with Crippen molar-refractivity contribution in [2.45, 2.75) is 12.8 Å². The number of nitrogens with zero attached hydrogens (tertiary/aromatic N) is 2. The molecule has 5 nitrogen and oxygen atoms in total. The van der Waals surface area contributed by atoms with Crippen LogP contribution in [0.2, 0.25) is 0 Å². The van der Waals surface area contributed by atoms with E-state index in [9.17, 15) is 0 Å². The Bertz CT molecular complexity index is 609. The number of ether oxygens (including phenoxy) is 2. The van der Waals surface area contributed by atoms with Gasteiger partial charge in [0.05, 0.1) is 14.2 Å². The fourth-order valence-corrected chi connectivity index (χ4v) is 2.16. The second-order valence-corrected chi connectivity index (χ2v) is 5.19. The van der Waals surface area contributed by atoms with Crippen molar-refractivity contribution in [1.82, 2.24) is 9.97 Å². The van der Waals surface area contributed by atoms with Crippen LogP contribution in [0.3, 0.4) is 0 Å². The van der Waals surface area contributed by atoms with Gasteiger partial charge in [0.1, 0.15) is 11.5 Å². The second-order valence-electron chi connectivity index (χ2n) is 5.19. The number of anilines is 1. The van der Waals surface area contributed by atoms with Crippen LogP contribution in [0.1, 0.15) is 12.8 Å². The Labute approximate surface area is 124 Å². The molecular weight excluding hydrogens is 266 g/mol. The first-order valence-corrected chi connectivity index (χ1v) is 7.08. The molecule has 1 aromatic heterocycles. The smallest absolute Gasteiger partial charge is 0.222 e. The largest absolute Gasteiger partial charge is 0.497 e. The van der Waals surface area contributed by atoms with Crippen molar-refractivity contribution in [1.29, 1.82) is 0 Å². The normalized spacial score (nSPS) is 13.8. The highest BCUT2D eigenvalue weighted by atomic mass is 16.5. The van der Waals surface area contributed by atoms with E-state index in [0.717, 1.165) is 35.1 Å². The summed E-state index contributed by atoms with van der Waals surface area (Å²) >= 11 is 0. The average Bonchev–Trinajstić information content (AvgIpc) is 3.37. The Morgan fingerprint density at radius 2 is 1.90 bits per heavy atom. The van der Waals surface area contributed by atoms with Gasteiger partial charge in [-0.15, -0.1) is 0 Å². The summed E-state index contributed by atoms with van der Waals surface area (Å²) in [6, 6.07) is 5.68. The molecule has 0 spiro atoms. The van der Waals surface area contributed by atoms with E-state index in [-0.39, 0.29) is 0 Å². The van der Waals surface area contributed by atoms with Crippen molar-refractivity contribution in [3.63, 3.8) is 0 Å². The summed E-state index contributed by atoms with van der Waals surface area (Å²) in [7, 11) is 3.30. The summed E-state index contributed by atoms with van der Waals surface area (Å²) in [6.07, 6.45) is 6.23. The van der Waals surface area contributed by atoms with Crippen molar-refractivity contribution >= 4 is 5.95 Å². The maximum Gasteiger partial charge on any atom is 0.222 e. The molecule has 0 bridgehead atoms. The molecule has 1 N–H and O–H groups in total. The third-order valence-electron chi connectivity index (χ3n) is 3.62. The number of nitrogens with one attached hydrogen (secondary N) is 1. The molecule has 1 fully saturated rings. The van der Waals surface area contributed by atoms with Gasteiger partial charge >= 0.3 is 0 Å². The fourth-order valence-electron chi connectivity index (χ4n) is 2.16. The van der Waals surface area contributed by atoms with Gasteiger partial charge in [-0.25, -0.2) is 9.97 Å². The average molecular weight is 285 g/mol. The van der Waals surface area contributed by atoms with Crippen LogP contribution in [0, 0.1) is 5.92 Å². The summed E-state index contributed by atoms with van der Waals surface area (Å²) in [5.74, 6) is 3.03. The van der Waals surface area contributed by atoms with Crippen LogP contribution in [0.25, 0.3) is 11.1 Å². The predicted molar refractivity (Wildman–Crippen MR) is 81.8 cm³/mol. The number of hydrogen-bond donors (Lipinski definition) is 1. The van der Waals surface area contributed by atoms with Crippen LogP contribution in [0.4, 0.5) is 5.95 Å². The van der Waals surface area contributed by atoms with Gasteiger partial charge in [0.15, 0.2) is 0 Å². The Morgan fingerprint density at radius 3 is 2.52 bits per heavy atom. The molecule has 0 saturated heterocycles. The van der Waals surface area contributed by atoms with Crippen LogP contribution in [-0.2, 0) is 0 Å². The zero-order chi connectivity index (χ0) is 14.7. The zero-order valence-electron chi connectivity index (χ0n) is 12.3. The molecule has 21 heavy (non-hydrogen) atoms. The van der Waals surface area contributed by atoms with Gasteiger partial charge in [0.25, 0.3) is 0 Å². The summed E-state index contributed by atoms with van der Waals surface area (Å²) in [5, 5.41) is 3.26. The van der Waals surface area contributed by atoms with Gasteiger partial charge in [0, 0.05) is 30.1 Å². The van der Waals surface area contributed by atoms with Crippen LogP contribution >= 0.6 is 0 Å². The molecule has 2 aromatic rings. The minimum absolute atomic E-state index is 0.674. The van der Waals surface area contributed by atoms with Crippen molar-refractivity contribution in [3.8, 4) is 22.6 Å². The van der Waals surface area contributed by atoms with Crippen LogP contribution in [0.5, 0.6) is 11.5 Å². The molecule has 0 atom stereocenters. The number of benzene rings is 1. The first kappa shape index (κ1) is 13.7. The predicted octanol–water partition coefficient (Wildman–Crippen LogP) is 2.98. The Hall–Kier alpha value is -2.30. The van der Waals surface area contributed by atoms with Crippen LogP contribution in [-0.4, -0.2) is 30.7 Å². The molecule has 3 rings (SSSR count). The van der Waals surface area contributed by atoms with Gasteiger partial charge in [-0.1, -0.05) is 0 Å². The van der Waals surface area contributed by atoms with E-state index in [1.807, 2.05) is 18.2 Å². The first-order valence-electron chi connectivity index (χ1n) is 7.08. The molecule has 0 aliphatic heterocycles. The lowest BCUT2D eigenvalue weighted by molar-refractivity contribution is 0.404. The van der Waals surface area contributed by atoms with Gasteiger partial charge in [0.2, 0.25) is 5.95 Å². The molecule has 1 aliphatic carbocycles. The quantitative estimate of drug-likeness (QED) is 0.884. The summed E-state index contributed by atoms with van der Waals surface area (Å²) in [4.78, 5) is 8.73. The highest BCUT2D eigenvalue weighted by Crippen LogP contribution is 2.33. The van der Waals surface area contributed by atoms with Crippen molar-refractivity contribution in [3.05, 3.63) is 30.6 Å². The van der Waals surface area contributed by atoms with E-state index in [0.29, 0.717) is 5.95 Å². The molecule has 1 saturated carbocycles. The first-order chi connectivity index (χ1) is 10.3. The van der Waals surface area contributed by atoms with Gasteiger partial charge < -0.3 is 14.8 Å². The van der Waals surface area contributed by atoms with E-state index in [2.05, 4.69) is 15.3 Å². The zero-order valence-corrected chi connectivity index (χ0v) is 12.3. The van der Waals surface area contributed by atoms with Crippen LogP contribution in [0.15, 0.2) is 30.6 Å². The fraction of sp³-hybridized carbons (Fsp3) is 0.375. The maximum absolute atomic E-state index is 5.39. The topological polar surface area (TPSA) is 56.3 Å². The molecule has 0 amide bonds. The summed E-state index contributed by atoms with van der Waals surface area (Å²) in [5.41, 5.74) is 1.83. The molecule has 1 aliphatic rings. The Kier molecular flexibility index (Phi) is 3.90. The standard InChI is InChI=1S/C16H19N3O2/c1-20-13-5-6-15(21-2)14(7-13)12-9-18-16(19-10-12)17-8-11-3-4-11/h5-7,9-11H,3-4,8H2,1-2H3,(H,17,18,19). The molecular formula is C16H19N3O2. The molecule has 5 heteroatoms. The molecule has 1 heterocycles. The van der Waals surface area contributed by atoms with Gasteiger partial charge in [-0.3, -0.25) is 0 Å². The van der Waals surface area contributed by atoms with Gasteiger partial charge in [-0.2, -0.15) is 0 Å². The lowest BCUT2D eigenvalue weighted by Gasteiger charge is -2.10. The number of hydrogen-bond acceptors (Lipinski definition) is 5. The second kappa shape index (κ2) is 5.99. The van der Waals surface area contributed by atoms with Crippen molar-refractivity contribution in [2.75, 3.05) is 26.1 Å². The Balaban J connectivity index is 1.81. The van der Waals surface area contributed by atoms with Gasteiger partial charge in [-0.05, 0) is 37.0 Å². The number of methoxy groups -OCH3 is 2. The SMILES string of the molecule is COc1ccc(OC)c(-c2cnc(NCC3CC3)nc2)c1. The van der Waals surface area contributed by atoms with Crippen molar-refractivity contribution < 1.29 is 9.47 Å². The third kappa shape index (κ3) is 3.24. The number of rotatable bonds is 6. The van der Waals surface area contributed by atoms with Crippen LogP contribution < -0.4 is 14.8 Å². The molecule has 0 unspecified atom stereocenters. The molecule has 110 valence electrons. The Morgan fingerprint density at radius 1 is 1.14 bits per heavy atom. The summed E-state index contributed by atoms with van der Waals surface area (Å²) in [6.45, 7) is 0.960. The van der Waals surface area contributed by atoms with E-state index in [1.165, 1.54) is 12.8 Å². The third-order valence-corrected chi connectivity index (χ3v) is 3.62. The monoisotopic (exact) mass is 285 g/mol. The lowest BCUT2D eigenvalue weighted by Crippen LogP contribution is -2.06. The lowest BCUT2D eigenvalue weighted by atomic mass is 10.1. The minimum Gasteiger partial charge on any atom is -0.497 e. The van der Waals surface area contributed by atoms with Crippen molar-refractivity contribution in [2.24, 2.45) is 5.92 Å². The number of aromatic nitrogens is 2. The highest BCUT2D eigenvalue weighted by molar-refractivity contribution is 5.71.